The van der Waals surface area contributed by atoms with Crippen molar-refractivity contribution in [1.82, 2.24) is 0 Å². The van der Waals surface area contributed by atoms with Crippen LogP contribution in [0.15, 0.2) is 23.3 Å². The zero-order valence-electron chi connectivity index (χ0n) is 7.89. The molecule has 0 heterocycles. The Labute approximate surface area is 74.2 Å². The predicted molar refractivity (Wildman–Crippen MR) is 51.0 cm³/mol. The van der Waals surface area contributed by atoms with E-state index in [1.54, 1.807) is 0 Å². The van der Waals surface area contributed by atoms with Gasteiger partial charge in [0, 0.05) is 12.0 Å². The van der Waals surface area contributed by atoms with Gasteiger partial charge in [-0.15, -0.1) is 0 Å². The molecule has 66 valence electrons. The molecule has 0 radical (unpaired) electrons. The van der Waals surface area contributed by atoms with Crippen LogP contribution in [0, 0.1) is 0 Å². The van der Waals surface area contributed by atoms with Gasteiger partial charge in [0.2, 0.25) is 0 Å². The van der Waals surface area contributed by atoms with Crippen LogP contribution in [0.3, 0.4) is 0 Å². The zero-order valence-corrected chi connectivity index (χ0v) is 7.89. The molecule has 1 nitrogen and oxygen atoms in total. The maximum atomic E-state index is 11.3. The van der Waals surface area contributed by atoms with Gasteiger partial charge in [0.05, 0.1) is 0 Å². The van der Waals surface area contributed by atoms with E-state index in [0.29, 0.717) is 5.78 Å². The van der Waals surface area contributed by atoms with Crippen LogP contribution in [0.4, 0.5) is 0 Å². The van der Waals surface area contributed by atoms with E-state index in [4.69, 9.17) is 0 Å². The number of hydrogen-bond donors (Lipinski definition) is 0. The number of carbonyl (C=O) groups excluding carboxylic acids is 1. The molecule has 1 aliphatic rings. The van der Waals surface area contributed by atoms with Crippen molar-refractivity contribution >= 4 is 5.78 Å². The molecule has 0 amide bonds. The van der Waals surface area contributed by atoms with E-state index in [0.717, 1.165) is 31.3 Å². The fourth-order valence-corrected chi connectivity index (χ4v) is 1.41. The highest BCUT2D eigenvalue weighted by Crippen LogP contribution is 2.23. The van der Waals surface area contributed by atoms with Crippen molar-refractivity contribution in [3.05, 3.63) is 23.3 Å². The summed E-state index contributed by atoms with van der Waals surface area (Å²) >= 11 is 0. The van der Waals surface area contributed by atoms with E-state index in [-0.39, 0.29) is 0 Å². The molecule has 0 saturated heterocycles. The average Bonchev–Trinajstić information content (AvgIpc) is 2.35. The fourth-order valence-electron chi connectivity index (χ4n) is 1.41. The number of rotatable bonds is 3. The normalized spacial score (nSPS) is 18.3. The first-order valence-corrected chi connectivity index (χ1v) is 4.65. The van der Waals surface area contributed by atoms with E-state index >= 15 is 0 Å². The molecule has 0 atom stereocenters. The summed E-state index contributed by atoms with van der Waals surface area (Å²) in [6.07, 6.45) is 8.00. The second-order valence-corrected chi connectivity index (χ2v) is 3.31. The van der Waals surface area contributed by atoms with E-state index in [9.17, 15) is 4.79 Å². The Balaban J connectivity index is 2.61. The monoisotopic (exact) mass is 164 g/mol. The third-order valence-electron chi connectivity index (χ3n) is 2.23. The van der Waals surface area contributed by atoms with Gasteiger partial charge in [-0.2, -0.15) is 0 Å². The Morgan fingerprint density at radius 3 is 2.67 bits per heavy atom. The van der Waals surface area contributed by atoms with Gasteiger partial charge in [-0.05, 0) is 19.8 Å². The van der Waals surface area contributed by atoms with Gasteiger partial charge in [0.1, 0.15) is 0 Å². The topological polar surface area (TPSA) is 17.1 Å². The molecule has 0 unspecified atom stereocenters. The highest BCUT2D eigenvalue weighted by Gasteiger charge is 2.16. The zero-order chi connectivity index (χ0) is 8.97. The molecule has 1 heteroatoms. The molecule has 0 aromatic rings. The molecule has 0 spiro atoms. The lowest BCUT2D eigenvalue weighted by Gasteiger charge is -1.92. The first kappa shape index (κ1) is 9.24. The minimum atomic E-state index is 0.319. The predicted octanol–water partition coefficient (Wildman–Crippen LogP) is 3.02. The first-order valence-electron chi connectivity index (χ1n) is 4.65. The van der Waals surface area contributed by atoms with Gasteiger partial charge in [-0.25, -0.2) is 0 Å². The number of hydrogen-bond acceptors (Lipinski definition) is 1. The summed E-state index contributed by atoms with van der Waals surface area (Å²) < 4.78 is 0. The largest absolute Gasteiger partial charge is 0.294 e. The van der Waals surface area contributed by atoms with Crippen molar-refractivity contribution < 1.29 is 4.79 Å². The highest BCUT2D eigenvalue weighted by molar-refractivity contribution is 6.01. The summed E-state index contributed by atoms with van der Waals surface area (Å²) in [6.45, 7) is 4.19. The number of allylic oxidation sites excluding steroid dienone is 4. The minimum Gasteiger partial charge on any atom is -0.294 e. The maximum absolute atomic E-state index is 11.3. The van der Waals surface area contributed by atoms with Gasteiger partial charge in [0.25, 0.3) is 0 Å². The Morgan fingerprint density at radius 1 is 1.42 bits per heavy atom. The lowest BCUT2D eigenvalue weighted by atomic mass is 10.1. The van der Waals surface area contributed by atoms with Crippen LogP contribution in [-0.2, 0) is 4.79 Å². The lowest BCUT2D eigenvalue weighted by Crippen LogP contribution is -1.92. The van der Waals surface area contributed by atoms with Gasteiger partial charge in [-0.3, -0.25) is 4.79 Å². The second kappa shape index (κ2) is 4.24. The number of ketones is 1. The van der Waals surface area contributed by atoms with E-state index in [2.05, 4.69) is 19.9 Å². The smallest absolute Gasteiger partial charge is 0.163 e. The first-order chi connectivity index (χ1) is 5.75. The van der Waals surface area contributed by atoms with Crippen molar-refractivity contribution in [1.29, 1.82) is 0 Å². The van der Waals surface area contributed by atoms with Crippen LogP contribution in [0.1, 0.15) is 39.5 Å². The van der Waals surface area contributed by atoms with E-state index < -0.39 is 0 Å². The van der Waals surface area contributed by atoms with Crippen LogP contribution in [0.5, 0.6) is 0 Å². The number of Topliss-reactive ketones (excluding diaryl/α,β-unsaturated/α-hetero) is 1. The van der Waals surface area contributed by atoms with Crippen molar-refractivity contribution in [2.75, 3.05) is 0 Å². The van der Waals surface area contributed by atoms with Crippen LogP contribution >= 0.6 is 0 Å². The quantitative estimate of drug-likeness (QED) is 0.626. The molecular formula is C11H16O. The van der Waals surface area contributed by atoms with Gasteiger partial charge in [-0.1, -0.05) is 31.1 Å². The molecule has 0 bridgehead atoms. The minimum absolute atomic E-state index is 0.319. The number of unbranched alkanes of at least 4 members (excludes halogenated alkanes) is 1. The SMILES string of the molecule is CCC/C=C/C1=C(C)CCC1=O. The van der Waals surface area contributed by atoms with Gasteiger partial charge < -0.3 is 0 Å². The third kappa shape index (κ3) is 2.07. The second-order valence-electron chi connectivity index (χ2n) is 3.31. The molecule has 0 saturated carbocycles. The summed E-state index contributed by atoms with van der Waals surface area (Å²) in [6, 6.07) is 0. The average molecular weight is 164 g/mol. The van der Waals surface area contributed by atoms with Crippen molar-refractivity contribution in [3.8, 4) is 0 Å². The van der Waals surface area contributed by atoms with Crippen molar-refractivity contribution in [2.45, 2.75) is 39.5 Å². The van der Waals surface area contributed by atoms with Crippen molar-refractivity contribution in [2.24, 2.45) is 0 Å². The molecule has 0 fully saturated rings. The summed E-state index contributed by atoms with van der Waals surface area (Å²) in [4.78, 5) is 11.3. The number of carbonyl (C=O) groups is 1. The summed E-state index contributed by atoms with van der Waals surface area (Å²) in [5.74, 6) is 0.319. The fraction of sp³-hybridized carbons (Fsp3) is 0.545. The Bertz CT molecular complexity index is 233. The summed E-state index contributed by atoms with van der Waals surface area (Å²) in [5, 5.41) is 0. The van der Waals surface area contributed by atoms with Crippen LogP contribution in [0.2, 0.25) is 0 Å². The van der Waals surface area contributed by atoms with E-state index in [1.165, 1.54) is 5.57 Å². The Hall–Kier alpha value is -0.850. The third-order valence-corrected chi connectivity index (χ3v) is 2.23. The highest BCUT2D eigenvalue weighted by atomic mass is 16.1. The standard InChI is InChI=1S/C11H16O/c1-3-4-5-6-10-9(2)7-8-11(10)12/h5-6H,3-4,7-8H2,1-2H3/b6-5+. The van der Waals surface area contributed by atoms with Crippen LogP contribution in [0.25, 0.3) is 0 Å². The van der Waals surface area contributed by atoms with Crippen molar-refractivity contribution in [3.63, 3.8) is 0 Å². The molecule has 12 heavy (non-hydrogen) atoms. The molecule has 0 aliphatic heterocycles. The van der Waals surface area contributed by atoms with Gasteiger partial charge >= 0.3 is 0 Å². The molecule has 0 N–H and O–H groups in total. The van der Waals surface area contributed by atoms with Gasteiger partial charge in [0.15, 0.2) is 5.78 Å². The Kier molecular flexibility index (Phi) is 3.27. The Morgan fingerprint density at radius 2 is 2.17 bits per heavy atom. The lowest BCUT2D eigenvalue weighted by molar-refractivity contribution is -0.114. The molecule has 1 aliphatic carbocycles. The molecule has 1 rings (SSSR count). The van der Waals surface area contributed by atoms with Crippen LogP contribution in [-0.4, -0.2) is 5.78 Å². The van der Waals surface area contributed by atoms with E-state index in [1.807, 2.05) is 6.08 Å². The molecule has 0 aromatic heterocycles. The maximum Gasteiger partial charge on any atom is 0.163 e. The molecule has 0 aromatic carbocycles. The molecular weight excluding hydrogens is 148 g/mol. The summed E-state index contributed by atoms with van der Waals surface area (Å²) in [5.41, 5.74) is 2.22. The summed E-state index contributed by atoms with van der Waals surface area (Å²) in [7, 11) is 0. The van der Waals surface area contributed by atoms with Crippen LogP contribution < -0.4 is 0 Å².